The molecular weight excluding hydrogens is 257 g/mol. The molecule has 1 heterocycles. The smallest absolute Gasteiger partial charge is 0.224 e. The SMILES string of the molecule is CNc1cc(Oc2ccc(C)c(F)c2)nc(C2CC2)n1. The van der Waals surface area contributed by atoms with E-state index < -0.39 is 0 Å². The van der Waals surface area contributed by atoms with Crippen LogP contribution in [0.25, 0.3) is 0 Å². The molecule has 0 spiro atoms. The van der Waals surface area contributed by atoms with E-state index in [9.17, 15) is 4.39 Å². The van der Waals surface area contributed by atoms with E-state index in [2.05, 4.69) is 15.3 Å². The number of benzene rings is 1. The zero-order chi connectivity index (χ0) is 14.1. The third-order valence-corrected chi connectivity index (χ3v) is 3.28. The Kier molecular flexibility index (Phi) is 3.26. The molecule has 20 heavy (non-hydrogen) atoms. The van der Waals surface area contributed by atoms with Crippen molar-refractivity contribution in [3.8, 4) is 11.6 Å². The molecule has 1 aliphatic carbocycles. The third kappa shape index (κ3) is 2.71. The van der Waals surface area contributed by atoms with Gasteiger partial charge in [0.1, 0.15) is 23.2 Å². The number of aromatic nitrogens is 2. The summed E-state index contributed by atoms with van der Waals surface area (Å²) in [6.45, 7) is 1.72. The van der Waals surface area contributed by atoms with Crippen LogP contribution in [0.5, 0.6) is 11.6 Å². The average Bonchev–Trinajstić information content (AvgIpc) is 3.27. The molecule has 0 bridgehead atoms. The van der Waals surface area contributed by atoms with Gasteiger partial charge < -0.3 is 10.1 Å². The summed E-state index contributed by atoms with van der Waals surface area (Å²) in [5.41, 5.74) is 0.592. The number of anilines is 1. The molecule has 2 aromatic rings. The normalized spacial score (nSPS) is 14.2. The average molecular weight is 273 g/mol. The van der Waals surface area contributed by atoms with Crippen molar-refractivity contribution in [2.45, 2.75) is 25.7 Å². The molecule has 1 N–H and O–H groups in total. The molecule has 1 saturated carbocycles. The summed E-state index contributed by atoms with van der Waals surface area (Å²) in [7, 11) is 1.80. The fourth-order valence-electron chi connectivity index (χ4n) is 1.91. The highest BCUT2D eigenvalue weighted by Crippen LogP contribution is 2.39. The minimum atomic E-state index is -0.284. The number of halogens is 1. The molecule has 1 aromatic heterocycles. The van der Waals surface area contributed by atoms with Crippen molar-refractivity contribution in [2.24, 2.45) is 0 Å². The van der Waals surface area contributed by atoms with E-state index in [0.29, 0.717) is 28.9 Å². The number of nitrogens with zero attached hydrogens (tertiary/aromatic N) is 2. The third-order valence-electron chi connectivity index (χ3n) is 3.28. The van der Waals surface area contributed by atoms with Crippen LogP contribution in [-0.2, 0) is 0 Å². The van der Waals surface area contributed by atoms with Gasteiger partial charge in [-0.05, 0) is 31.4 Å². The highest BCUT2D eigenvalue weighted by Gasteiger charge is 2.27. The lowest BCUT2D eigenvalue weighted by Crippen LogP contribution is -2.01. The summed E-state index contributed by atoms with van der Waals surface area (Å²) < 4.78 is 19.2. The Labute approximate surface area is 117 Å². The van der Waals surface area contributed by atoms with Crippen LogP contribution in [0.2, 0.25) is 0 Å². The maximum atomic E-state index is 13.5. The van der Waals surface area contributed by atoms with Gasteiger partial charge in [0, 0.05) is 25.1 Å². The fourth-order valence-corrected chi connectivity index (χ4v) is 1.91. The quantitative estimate of drug-likeness (QED) is 0.924. The molecular formula is C15H16FN3O. The van der Waals surface area contributed by atoms with E-state index in [1.807, 2.05) is 0 Å². The topological polar surface area (TPSA) is 47.0 Å². The summed E-state index contributed by atoms with van der Waals surface area (Å²) in [5, 5.41) is 2.99. The fraction of sp³-hybridized carbons (Fsp3) is 0.333. The Hall–Kier alpha value is -2.17. The molecule has 0 aliphatic heterocycles. The van der Waals surface area contributed by atoms with Crippen LogP contribution >= 0.6 is 0 Å². The van der Waals surface area contributed by atoms with Gasteiger partial charge >= 0.3 is 0 Å². The first-order chi connectivity index (χ1) is 9.65. The second kappa shape index (κ2) is 5.07. The lowest BCUT2D eigenvalue weighted by molar-refractivity contribution is 0.454. The van der Waals surface area contributed by atoms with Gasteiger partial charge in [-0.3, -0.25) is 0 Å². The van der Waals surface area contributed by atoms with Crippen molar-refractivity contribution in [2.75, 3.05) is 12.4 Å². The summed E-state index contributed by atoms with van der Waals surface area (Å²) in [6.07, 6.45) is 2.23. The number of aryl methyl sites for hydroxylation is 1. The van der Waals surface area contributed by atoms with Gasteiger partial charge in [0.05, 0.1) is 0 Å². The summed E-state index contributed by atoms with van der Waals surface area (Å²) in [4.78, 5) is 8.81. The van der Waals surface area contributed by atoms with E-state index in [0.717, 1.165) is 18.7 Å². The van der Waals surface area contributed by atoms with Gasteiger partial charge in [0.2, 0.25) is 5.88 Å². The zero-order valence-corrected chi connectivity index (χ0v) is 11.5. The van der Waals surface area contributed by atoms with Crippen LogP contribution < -0.4 is 10.1 Å². The predicted molar refractivity (Wildman–Crippen MR) is 74.8 cm³/mol. The summed E-state index contributed by atoms with van der Waals surface area (Å²) >= 11 is 0. The van der Waals surface area contributed by atoms with Crippen LogP contribution in [0.15, 0.2) is 24.3 Å². The molecule has 0 saturated heterocycles. The van der Waals surface area contributed by atoms with Crippen molar-refractivity contribution in [3.63, 3.8) is 0 Å². The number of ether oxygens (including phenoxy) is 1. The van der Waals surface area contributed by atoms with E-state index >= 15 is 0 Å². The van der Waals surface area contributed by atoms with E-state index in [-0.39, 0.29) is 5.82 Å². The monoisotopic (exact) mass is 273 g/mol. The second-order valence-corrected chi connectivity index (χ2v) is 4.99. The Morgan fingerprint density at radius 2 is 2.05 bits per heavy atom. The highest BCUT2D eigenvalue weighted by molar-refractivity contribution is 5.40. The van der Waals surface area contributed by atoms with Crippen molar-refractivity contribution >= 4 is 5.82 Å². The maximum Gasteiger partial charge on any atom is 0.224 e. The summed E-state index contributed by atoms with van der Waals surface area (Å²) in [5.74, 6) is 2.53. The van der Waals surface area contributed by atoms with Gasteiger partial charge in [-0.15, -0.1) is 0 Å². The Morgan fingerprint density at radius 1 is 1.25 bits per heavy atom. The molecule has 0 unspecified atom stereocenters. The molecule has 0 atom stereocenters. The van der Waals surface area contributed by atoms with Crippen LogP contribution in [-0.4, -0.2) is 17.0 Å². The Morgan fingerprint density at radius 3 is 2.70 bits per heavy atom. The summed E-state index contributed by atoms with van der Waals surface area (Å²) in [6, 6.07) is 6.50. The van der Waals surface area contributed by atoms with Gasteiger partial charge in [0.25, 0.3) is 0 Å². The Bertz CT molecular complexity index is 641. The molecule has 3 rings (SSSR count). The van der Waals surface area contributed by atoms with Crippen LogP contribution in [0.1, 0.15) is 30.1 Å². The minimum absolute atomic E-state index is 0.284. The number of rotatable bonds is 4. The maximum absolute atomic E-state index is 13.5. The molecule has 104 valence electrons. The molecule has 5 heteroatoms. The lowest BCUT2D eigenvalue weighted by Gasteiger charge is -2.09. The first-order valence-electron chi connectivity index (χ1n) is 6.66. The zero-order valence-electron chi connectivity index (χ0n) is 11.5. The molecule has 1 fully saturated rings. The number of hydrogen-bond donors (Lipinski definition) is 1. The molecule has 1 aromatic carbocycles. The lowest BCUT2D eigenvalue weighted by atomic mass is 10.2. The van der Waals surface area contributed by atoms with Gasteiger partial charge in [-0.25, -0.2) is 9.37 Å². The van der Waals surface area contributed by atoms with Crippen molar-refractivity contribution in [1.29, 1.82) is 0 Å². The first-order valence-corrected chi connectivity index (χ1v) is 6.66. The molecule has 1 aliphatic rings. The molecule has 0 radical (unpaired) electrons. The van der Waals surface area contributed by atoms with Crippen LogP contribution in [0, 0.1) is 12.7 Å². The van der Waals surface area contributed by atoms with E-state index in [4.69, 9.17) is 4.74 Å². The highest BCUT2D eigenvalue weighted by atomic mass is 19.1. The van der Waals surface area contributed by atoms with Crippen LogP contribution in [0.4, 0.5) is 10.2 Å². The predicted octanol–water partition coefficient (Wildman–Crippen LogP) is 3.64. The minimum Gasteiger partial charge on any atom is -0.439 e. The second-order valence-electron chi connectivity index (χ2n) is 4.99. The van der Waals surface area contributed by atoms with Crippen molar-refractivity contribution < 1.29 is 9.13 Å². The van der Waals surface area contributed by atoms with Gasteiger partial charge in [-0.1, -0.05) is 6.07 Å². The number of nitrogens with one attached hydrogen (secondary N) is 1. The van der Waals surface area contributed by atoms with Crippen molar-refractivity contribution in [3.05, 3.63) is 41.5 Å². The van der Waals surface area contributed by atoms with E-state index in [1.165, 1.54) is 6.07 Å². The van der Waals surface area contributed by atoms with Gasteiger partial charge in [-0.2, -0.15) is 4.98 Å². The van der Waals surface area contributed by atoms with Gasteiger partial charge in [0.15, 0.2) is 0 Å². The molecule has 0 amide bonds. The standard InChI is InChI=1S/C15H16FN3O/c1-9-3-6-11(7-12(9)16)20-14-8-13(17-2)18-15(19-14)10-4-5-10/h3,6-8,10H,4-5H2,1-2H3,(H,17,18,19). The van der Waals surface area contributed by atoms with Crippen LogP contribution in [0.3, 0.4) is 0 Å². The molecule has 4 nitrogen and oxygen atoms in total. The number of hydrogen-bond acceptors (Lipinski definition) is 4. The van der Waals surface area contributed by atoms with Crippen molar-refractivity contribution in [1.82, 2.24) is 9.97 Å². The Balaban J connectivity index is 1.88. The van der Waals surface area contributed by atoms with E-state index in [1.54, 1.807) is 32.2 Å². The first kappa shape index (κ1) is 12.8. The largest absolute Gasteiger partial charge is 0.439 e.